The van der Waals surface area contributed by atoms with Crippen LogP contribution in [0, 0.1) is 11.2 Å². The third kappa shape index (κ3) is 2.44. The van der Waals surface area contributed by atoms with Gasteiger partial charge in [0.15, 0.2) is 0 Å². The third-order valence-corrected chi connectivity index (χ3v) is 4.38. The summed E-state index contributed by atoms with van der Waals surface area (Å²) in [7, 11) is 0. The molecular weight excluding hydrogens is 219 g/mol. The lowest BCUT2D eigenvalue weighted by Gasteiger charge is -2.28. The van der Waals surface area contributed by atoms with Gasteiger partial charge >= 0.3 is 0 Å². The molecule has 0 atom stereocenters. The number of nitriles is 1. The molecule has 1 aromatic carbocycles. The molecule has 3 heteroatoms. The van der Waals surface area contributed by atoms with Gasteiger partial charge < -0.3 is 0 Å². The smallest absolute Gasteiger partial charge is 0.269 e. The lowest BCUT2D eigenvalue weighted by molar-refractivity contribution is 0.331. The molecule has 18 heavy (non-hydrogen) atoms. The van der Waals surface area contributed by atoms with Crippen molar-refractivity contribution in [1.82, 2.24) is 4.90 Å². The van der Waals surface area contributed by atoms with E-state index in [0.717, 1.165) is 19.2 Å². The number of likely N-dealkylation sites (tertiary alicyclic amines) is 1. The second kappa shape index (κ2) is 5.16. The minimum absolute atomic E-state index is 0.305. The molecule has 0 amide bonds. The summed E-state index contributed by atoms with van der Waals surface area (Å²) in [5, 5.41) is 8.80. The Hall–Kier alpha value is -1.27. The Kier molecular flexibility index (Phi) is 3.38. The highest BCUT2D eigenvalue weighted by molar-refractivity contribution is 6.70. The minimum atomic E-state index is 0.305. The van der Waals surface area contributed by atoms with Crippen LogP contribution in [0.1, 0.15) is 29.9 Å². The molecule has 0 aromatic heterocycles. The van der Waals surface area contributed by atoms with Gasteiger partial charge in [0.2, 0.25) is 0 Å². The van der Waals surface area contributed by atoms with Crippen LogP contribution in [-0.4, -0.2) is 24.7 Å². The van der Waals surface area contributed by atoms with Crippen LogP contribution in [0.3, 0.4) is 0 Å². The van der Waals surface area contributed by atoms with Crippen molar-refractivity contribution >= 4 is 6.71 Å². The predicted molar refractivity (Wildman–Crippen MR) is 74.7 cm³/mol. The first-order valence-electron chi connectivity index (χ1n) is 7.06. The number of nitrogens with zero attached hydrogens (tertiary/aromatic N) is 2. The maximum Gasteiger partial charge on any atom is 0.269 e. The van der Waals surface area contributed by atoms with E-state index in [1.807, 2.05) is 0 Å². The molecule has 0 aliphatic carbocycles. The minimum Gasteiger partial charge on any atom is -0.299 e. The van der Waals surface area contributed by atoms with Crippen molar-refractivity contribution in [3.05, 3.63) is 35.4 Å². The molecular formula is C15H19BN2. The van der Waals surface area contributed by atoms with Gasteiger partial charge in [-0.1, -0.05) is 36.9 Å². The molecule has 0 radical (unpaired) electrons. The Balaban J connectivity index is 1.58. The summed E-state index contributed by atoms with van der Waals surface area (Å²) in [4.78, 5) is 2.53. The van der Waals surface area contributed by atoms with E-state index in [4.69, 9.17) is 5.26 Å². The summed E-state index contributed by atoms with van der Waals surface area (Å²) in [6.45, 7) is 3.92. The lowest BCUT2D eigenvalue weighted by atomic mass is 9.32. The normalized spacial score (nSPS) is 20.7. The molecule has 2 aliphatic heterocycles. The van der Waals surface area contributed by atoms with E-state index in [0.29, 0.717) is 12.6 Å². The van der Waals surface area contributed by atoms with E-state index < -0.39 is 0 Å². The summed E-state index contributed by atoms with van der Waals surface area (Å²) in [6.07, 6.45) is 4.83. The number of rotatable bonds is 3. The monoisotopic (exact) mass is 238 g/mol. The van der Waals surface area contributed by atoms with Gasteiger partial charge in [-0.2, -0.15) is 0 Å². The van der Waals surface area contributed by atoms with Crippen LogP contribution in [0.4, 0.5) is 0 Å². The van der Waals surface area contributed by atoms with Crippen molar-refractivity contribution in [2.75, 3.05) is 13.1 Å². The van der Waals surface area contributed by atoms with Crippen molar-refractivity contribution < 1.29 is 0 Å². The first kappa shape index (κ1) is 11.8. The van der Waals surface area contributed by atoms with E-state index in [1.165, 1.54) is 37.1 Å². The van der Waals surface area contributed by atoms with Crippen LogP contribution in [0.2, 0.25) is 12.6 Å². The van der Waals surface area contributed by atoms with Crippen molar-refractivity contribution in [2.24, 2.45) is 0 Å². The summed E-state index contributed by atoms with van der Waals surface area (Å²) in [6, 6.07) is 9.08. The van der Waals surface area contributed by atoms with Gasteiger partial charge in [0.25, 0.3) is 6.71 Å². The van der Waals surface area contributed by atoms with Gasteiger partial charge in [0.1, 0.15) is 0 Å². The zero-order chi connectivity index (χ0) is 12.4. The molecule has 2 nitrogen and oxygen atoms in total. The fraction of sp³-hybridized carbons (Fsp3) is 0.533. The van der Waals surface area contributed by atoms with Gasteiger partial charge in [0, 0.05) is 12.5 Å². The van der Waals surface area contributed by atoms with Crippen molar-refractivity contribution in [2.45, 2.75) is 37.9 Å². The topological polar surface area (TPSA) is 27.0 Å². The number of benzene rings is 1. The van der Waals surface area contributed by atoms with E-state index in [2.05, 4.69) is 35.1 Å². The molecule has 92 valence electrons. The molecule has 0 N–H and O–H groups in total. The second-order valence-corrected chi connectivity index (χ2v) is 5.72. The molecule has 2 heterocycles. The van der Waals surface area contributed by atoms with Crippen LogP contribution >= 0.6 is 0 Å². The maximum absolute atomic E-state index is 8.80. The average molecular weight is 238 g/mol. The van der Waals surface area contributed by atoms with Gasteiger partial charge in [-0.25, -0.2) is 5.26 Å². The molecule has 2 saturated heterocycles. The molecule has 0 spiro atoms. The van der Waals surface area contributed by atoms with E-state index >= 15 is 0 Å². The number of hydrogen-bond donors (Lipinski definition) is 0. The first-order valence-corrected chi connectivity index (χ1v) is 7.06. The lowest BCUT2D eigenvalue weighted by Crippen LogP contribution is -2.28. The zero-order valence-electron chi connectivity index (χ0n) is 10.8. The Morgan fingerprint density at radius 3 is 2.44 bits per heavy atom. The Morgan fingerprint density at radius 1 is 1.17 bits per heavy atom. The van der Waals surface area contributed by atoms with E-state index in [9.17, 15) is 0 Å². The third-order valence-electron chi connectivity index (χ3n) is 4.38. The van der Waals surface area contributed by atoms with Crippen LogP contribution < -0.4 is 0 Å². The summed E-state index contributed by atoms with van der Waals surface area (Å²) >= 11 is 0. The van der Waals surface area contributed by atoms with Crippen molar-refractivity contribution in [1.29, 1.82) is 5.26 Å². The summed E-state index contributed by atoms with van der Waals surface area (Å²) < 4.78 is 0. The largest absolute Gasteiger partial charge is 0.299 e. The van der Waals surface area contributed by atoms with Crippen molar-refractivity contribution in [3.8, 4) is 5.97 Å². The second-order valence-electron chi connectivity index (χ2n) is 5.72. The average Bonchev–Trinajstić information content (AvgIpc) is 2.83. The van der Waals surface area contributed by atoms with E-state index in [-0.39, 0.29) is 0 Å². The SMILES string of the molecule is N#CB1CC(c2ccc(CN3CCCC3)cc2)C1. The maximum atomic E-state index is 8.80. The Labute approximate surface area is 110 Å². The van der Waals surface area contributed by atoms with Gasteiger partial charge in [-0.05, 0) is 43.0 Å². The van der Waals surface area contributed by atoms with Crippen LogP contribution in [0.15, 0.2) is 24.3 Å². The van der Waals surface area contributed by atoms with Gasteiger partial charge in [-0.15, -0.1) is 0 Å². The fourth-order valence-corrected chi connectivity index (χ4v) is 3.09. The van der Waals surface area contributed by atoms with Crippen molar-refractivity contribution in [3.63, 3.8) is 0 Å². The fourth-order valence-electron chi connectivity index (χ4n) is 3.09. The predicted octanol–water partition coefficient (Wildman–Crippen LogP) is 2.94. The highest BCUT2D eigenvalue weighted by Crippen LogP contribution is 2.37. The molecule has 2 aliphatic rings. The standard InChI is InChI=1S/C15H19BN2/c17-12-16-9-15(10-16)14-5-3-13(4-6-14)11-18-7-1-2-8-18/h3-6,15H,1-2,7-11H2. The number of hydrogen-bond acceptors (Lipinski definition) is 2. The molecule has 0 saturated carbocycles. The zero-order valence-corrected chi connectivity index (χ0v) is 10.8. The summed E-state index contributed by atoms with van der Waals surface area (Å²) in [5.41, 5.74) is 2.85. The van der Waals surface area contributed by atoms with Gasteiger partial charge in [0.05, 0.1) is 0 Å². The van der Waals surface area contributed by atoms with Crippen LogP contribution in [0.25, 0.3) is 0 Å². The van der Waals surface area contributed by atoms with Gasteiger partial charge in [-0.3, -0.25) is 4.90 Å². The molecule has 0 unspecified atom stereocenters. The highest BCUT2D eigenvalue weighted by atomic mass is 15.1. The van der Waals surface area contributed by atoms with E-state index in [1.54, 1.807) is 0 Å². The molecule has 2 fully saturated rings. The highest BCUT2D eigenvalue weighted by Gasteiger charge is 2.33. The van der Waals surface area contributed by atoms with Crippen LogP contribution in [-0.2, 0) is 6.54 Å². The Morgan fingerprint density at radius 2 is 1.83 bits per heavy atom. The summed E-state index contributed by atoms with van der Waals surface area (Å²) in [5.74, 6) is 2.99. The molecule has 1 aromatic rings. The molecule has 0 bridgehead atoms. The molecule has 3 rings (SSSR count). The quantitative estimate of drug-likeness (QED) is 0.757. The first-order chi connectivity index (χ1) is 8.85. The van der Waals surface area contributed by atoms with Crippen LogP contribution in [0.5, 0.6) is 0 Å². The Bertz CT molecular complexity index is 437.